The molecule has 0 saturated carbocycles. The van der Waals surface area contributed by atoms with Crippen LogP contribution in [-0.4, -0.2) is 30.1 Å². The SMILES string of the molecule is Cc1cccc(/C(=C(/C=C/[C@@H]2CCCC(=O)O2)N(C)C(C)C)c2ccc(F)cc2)c1. The molecule has 0 spiro atoms. The van der Waals surface area contributed by atoms with Crippen LogP contribution < -0.4 is 0 Å². The largest absolute Gasteiger partial charge is 0.458 e. The van der Waals surface area contributed by atoms with Crippen molar-refractivity contribution >= 4 is 11.5 Å². The van der Waals surface area contributed by atoms with Gasteiger partial charge in [-0.15, -0.1) is 0 Å². The molecule has 4 heteroatoms. The average molecular weight is 408 g/mol. The highest BCUT2D eigenvalue weighted by Crippen LogP contribution is 2.31. The van der Waals surface area contributed by atoms with Gasteiger partial charge in [-0.3, -0.25) is 4.79 Å². The molecule has 1 atom stereocenters. The average Bonchev–Trinajstić information content (AvgIpc) is 2.71. The van der Waals surface area contributed by atoms with Crippen LogP contribution in [0.5, 0.6) is 0 Å². The van der Waals surface area contributed by atoms with Crippen molar-refractivity contribution < 1.29 is 13.9 Å². The summed E-state index contributed by atoms with van der Waals surface area (Å²) in [5, 5.41) is 0. The van der Waals surface area contributed by atoms with Gasteiger partial charge in [0.15, 0.2) is 0 Å². The van der Waals surface area contributed by atoms with Crippen LogP contribution >= 0.6 is 0 Å². The van der Waals surface area contributed by atoms with Gasteiger partial charge in [-0.05, 0) is 69.0 Å². The highest BCUT2D eigenvalue weighted by atomic mass is 19.1. The molecule has 0 aliphatic carbocycles. The fraction of sp³-hybridized carbons (Fsp3) is 0.346. The van der Waals surface area contributed by atoms with E-state index in [1.54, 1.807) is 0 Å². The Hall–Kier alpha value is -2.88. The molecule has 0 aromatic heterocycles. The first kappa shape index (κ1) is 21.8. The van der Waals surface area contributed by atoms with Crippen molar-refractivity contribution in [2.45, 2.75) is 52.2 Å². The van der Waals surface area contributed by atoms with Crippen molar-refractivity contribution in [3.05, 3.63) is 88.9 Å². The second-order valence-electron chi connectivity index (χ2n) is 8.12. The summed E-state index contributed by atoms with van der Waals surface area (Å²) in [7, 11) is 2.05. The van der Waals surface area contributed by atoms with E-state index in [1.165, 1.54) is 12.1 Å². The topological polar surface area (TPSA) is 29.5 Å². The lowest BCUT2D eigenvalue weighted by Gasteiger charge is -2.29. The highest BCUT2D eigenvalue weighted by Gasteiger charge is 2.20. The summed E-state index contributed by atoms with van der Waals surface area (Å²) in [5.41, 5.74) is 5.19. The van der Waals surface area contributed by atoms with E-state index in [2.05, 4.69) is 50.9 Å². The molecular weight excluding hydrogens is 377 g/mol. The lowest BCUT2D eigenvalue weighted by atomic mass is 9.93. The number of rotatable bonds is 6. The first-order valence-corrected chi connectivity index (χ1v) is 10.5. The van der Waals surface area contributed by atoms with Crippen LogP contribution in [0.25, 0.3) is 5.57 Å². The summed E-state index contributed by atoms with van der Waals surface area (Å²) in [6.45, 7) is 6.33. The molecule has 1 saturated heterocycles. The standard InChI is InChI=1S/C26H30FNO2/c1-18(2)28(4)24(16-15-23-9-6-10-25(29)30-23)26(20-11-13-22(27)14-12-20)21-8-5-7-19(3)17-21/h5,7-8,11-18,23H,6,9-10H2,1-4H3/b16-15+,26-24-/t23-/m0/s1. The van der Waals surface area contributed by atoms with Gasteiger partial charge in [0.2, 0.25) is 0 Å². The van der Waals surface area contributed by atoms with Gasteiger partial charge in [0.1, 0.15) is 11.9 Å². The number of carbonyl (C=O) groups excluding carboxylic acids is 1. The van der Waals surface area contributed by atoms with E-state index in [4.69, 9.17) is 4.74 Å². The zero-order valence-electron chi connectivity index (χ0n) is 18.2. The van der Waals surface area contributed by atoms with Gasteiger partial charge in [0, 0.05) is 30.8 Å². The molecule has 0 unspecified atom stereocenters. The monoisotopic (exact) mass is 407 g/mol. The molecule has 1 fully saturated rings. The van der Waals surface area contributed by atoms with Crippen LogP contribution in [-0.2, 0) is 9.53 Å². The molecule has 3 nitrogen and oxygen atoms in total. The number of likely N-dealkylation sites (N-methyl/N-ethyl adjacent to an activating group) is 1. The normalized spacial score (nSPS) is 17.8. The summed E-state index contributed by atoms with van der Waals surface area (Å²) in [6, 6.07) is 15.2. The molecule has 3 rings (SSSR count). The maximum Gasteiger partial charge on any atom is 0.306 e. The predicted octanol–water partition coefficient (Wildman–Crippen LogP) is 5.89. The van der Waals surface area contributed by atoms with Gasteiger partial charge in [-0.2, -0.15) is 0 Å². The molecule has 0 bridgehead atoms. The minimum absolute atomic E-state index is 0.143. The molecule has 0 N–H and O–H groups in total. The number of hydrogen-bond acceptors (Lipinski definition) is 3. The third-order valence-electron chi connectivity index (χ3n) is 5.47. The smallest absolute Gasteiger partial charge is 0.306 e. The molecule has 1 aliphatic rings. The van der Waals surface area contributed by atoms with Crippen molar-refractivity contribution in [2.24, 2.45) is 0 Å². The number of carbonyl (C=O) groups is 1. The Balaban J connectivity index is 2.17. The zero-order valence-corrected chi connectivity index (χ0v) is 18.2. The molecule has 1 aliphatic heterocycles. The Bertz CT molecular complexity index is 944. The van der Waals surface area contributed by atoms with Crippen molar-refractivity contribution in [2.75, 3.05) is 7.05 Å². The minimum atomic E-state index is -0.259. The third-order valence-corrected chi connectivity index (χ3v) is 5.47. The Kier molecular flexibility index (Phi) is 7.09. The molecule has 30 heavy (non-hydrogen) atoms. The molecule has 2 aromatic carbocycles. The Morgan fingerprint density at radius 3 is 2.53 bits per heavy atom. The van der Waals surface area contributed by atoms with Gasteiger partial charge in [-0.25, -0.2) is 4.39 Å². The number of esters is 1. The van der Waals surface area contributed by atoms with Crippen LogP contribution in [0.3, 0.4) is 0 Å². The quantitative estimate of drug-likeness (QED) is 0.442. The number of aryl methyl sites for hydroxylation is 1. The highest BCUT2D eigenvalue weighted by molar-refractivity contribution is 5.83. The summed E-state index contributed by atoms with van der Waals surface area (Å²) < 4.78 is 19.1. The summed E-state index contributed by atoms with van der Waals surface area (Å²) in [4.78, 5) is 13.9. The number of cyclic esters (lactones) is 1. The van der Waals surface area contributed by atoms with E-state index in [9.17, 15) is 9.18 Å². The molecular formula is C26H30FNO2. The van der Waals surface area contributed by atoms with Gasteiger partial charge >= 0.3 is 5.97 Å². The fourth-order valence-corrected chi connectivity index (χ4v) is 3.60. The molecule has 158 valence electrons. The number of hydrogen-bond donors (Lipinski definition) is 0. The number of halogens is 1. The molecule has 1 heterocycles. The van der Waals surface area contributed by atoms with E-state index >= 15 is 0 Å². The minimum Gasteiger partial charge on any atom is -0.458 e. The van der Waals surface area contributed by atoms with Crippen LogP contribution in [0.4, 0.5) is 4.39 Å². The lowest BCUT2D eigenvalue weighted by molar-refractivity contribution is -0.150. The van der Waals surface area contributed by atoms with Crippen LogP contribution in [0.15, 0.2) is 66.4 Å². The van der Waals surface area contributed by atoms with Crippen LogP contribution in [0.1, 0.15) is 49.8 Å². The van der Waals surface area contributed by atoms with Crippen molar-refractivity contribution in [3.8, 4) is 0 Å². The van der Waals surface area contributed by atoms with Crippen molar-refractivity contribution in [3.63, 3.8) is 0 Å². The maximum atomic E-state index is 13.6. The first-order chi connectivity index (χ1) is 14.3. The van der Waals surface area contributed by atoms with Gasteiger partial charge in [0.05, 0.1) is 0 Å². The number of ether oxygens (including phenoxy) is 1. The zero-order chi connectivity index (χ0) is 21.7. The van der Waals surface area contributed by atoms with E-state index in [1.807, 2.05) is 30.4 Å². The van der Waals surface area contributed by atoms with Gasteiger partial charge in [-0.1, -0.05) is 42.0 Å². The summed E-state index contributed by atoms with van der Waals surface area (Å²) in [5.74, 6) is -0.401. The van der Waals surface area contributed by atoms with E-state index in [-0.39, 0.29) is 23.9 Å². The third kappa shape index (κ3) is 5.38. The lowest BCUT2D eigenvalue weighted by Crippen LogP contribution is -2.27. The maximum absolute atomic E-state index is 13.6. The van der Waals surface area contributed by atoms with E-state index < -0.39 is 0 Å². The molecule has 0 radical (unpaired) electrons. The number of allylic oxidation sites excluding steroid dienone is 1. The van der Waals surface area contributed by atoms with E-state index in [0.29, 0.717) is 6.42 Å². The number of benzene rings is 2. The molecule has 0 amide bonds. The Morgan fingerprint density at radius 1 is 1.17 bits per heavy atom. The Morgan fingerprint density at radius 2 is 1.90 bits per heavy atom. The van der Waals surface area contributed by atoms with Gasteiger partial charge in [0.25, 0.3) is 0 Å². The van der Waals surface area contributed by atoms with Crippen molar-refractivity contribution in [1.82, 2.24) is 4.90 Å². The summed E-state index contributed by atoms with van der Waals surface area (Å²) in [6.07, 6.45) is 5.97. The second-order valence-corrected chi connectivity index (χ2v) is 8.12. The van der Waals surface area contributed by atoms with Crippen molar-refractivity contribution in [1.29, 1.82) is 0 Å². The number of nitrogens with zero attached hydrogens (tertiary/aromatic N) is 1. The summed E-state index contributed by atoms with van der Waals surface area (Å²) >= 11 is 0. The van der Waals surface area contributed by atoms with Crippen LogP contribution in [0.2, 0.25) is 0 Å². The molecule has 2 aromatic rings. The predicted molar refractivity (Wildman–Crippen MR) is 119 cm³/mol. The fourth-order valence-electron chi connectivity index (χ4n) is 3.60. The van der Waals surface area contributed by atoms with Gasteiger partial charge < -0.3 is 9.64 Å². The van der Waals surface area contributed by atoms with Crippen LogP contribution in [0, 0.1) is 12.7 Å². The Labute approximate surface area is 178 Å². The second kappa shape index (κ2) is 9.75. The van der Waals surface area contributed by atoms with E-state index in [0.717, 1.165) is 40.8 Å². The first-order valence-electron chi connectivity index (χ1n) is 10.5.